The van der Waals surface area contributed by atoms with E-state index in [-0.39, 0.29) is 6.04 Å². The molecule has 1 atom stereocenters. The van der Waals surface area contributed by atoms with Gasteiger partial charge in [-0.05, 0) is 43.3 Å². The van der Waals surface area contributed by atoms with Gasteiger partial charge in [0.15, 0.2) is 5.16 Å². The van der Waals surface area contributed by atoms with E-state index in [1.165, 1.54) is 11.8 Å². The number of nitrogens with zero attached hydrogens (tertiary/aromatic N) is 4. The first-order valence-electron chi connectivity index (χ1n) is 5.33. The molecule has 6 heteroatoms. The van der Waals surface area contributed by atoms with Crippen molar-refractivity contribution in [3.63, 3.8) is 0 Å². The van der Waals surface area contributed by atoms with Crippen molar-refractivity contribution in [2.75, 3.05) is 0 Å². The molecule has 2 aromatic heterocycles. The summed E-state index contributed by atoms with van der Waals surface area (Å²) in [5.74, 6) is 0.885. The summed E-state index contributed by atoms with van der Waals surface area (Å²) in [6, 6.07) is 3.93. The van der Waals surface area contributed by atoms with E-state index in [9.17, 15) is 0 Å². The SMILES string of the molecule is Cc1nnc(Sc2cc([C@@H](C)N)ccn2)n1C. The van der Waals surface area contributed by atoms with E-state index in [2.05, 4.69) is 15.2 Å². The molecule has 2 rings (SSSR count). The monoisotopic (exact) mass is 249 g/mol. The molecule has 17 heavy (non-hydrogen) atoms. The lowest BCUT2D eigenvalue weighted by Crippen LogP contribution is -2.05. The maximum absolute atomic E-state index is 5.84. The zero-order valence-corrected chi connectivity index (χ0v) is 10.9. The summed E-state index contributed by atoms with van der Waals surface area (Å²) in [5.41, 5.74) is 6.91. The van der Waals surface area contributed by atoms with E-state index < -0.39 is 0 Å². The van der Waals surface area contributed by atoms with Gasteiger partial charge in [0.25, 0.3) is 0 Å². The summed E-state index contributed by atoms with van der Waals surface area (Å²) < 4.78 is 1.94. The molecule has 0 bridgehead atoms. The number of aromatic nitrogens is 4. The van der Waals surface area contributed by atoms with Gasteiger partial charge >= 0.3 is 0 Å². The summed E-state index contributed by atoms with van der Waals surface area (Å²) in [6.45, 7) is 3.87. The minimum Gasteiger partial charge on any atom is -0.324 e. The summed E-state index contributed by atoms with van der Waals surface area (Å²) in [5, 5.41) is 9.81. The summed E-state index contributed by atoms with van der Waals surface area (Å²) in [4.78, 5) is 4.29. The molecular formula is C11H15N5S. The molecular weight excluding hydrogens is 234 g/mol. The fourth-order valence-electron chi connectivity index (χ4n) is 1.33. The van der Waals surface area contributed by atoms with Crippen LogP contribution in [-0.2, 0) is 7.05 Å². The molecule has 0 saturated carbocycles. The van der Waals surface area contributed by atoms with Crippen molar-refractivity contribution in [1.29, 1.82) is 0 Å². The summed E-state index contributed by atoms with van der Waals surface area (Å²) in [7, 11) is 1.94. The lowest BCUT2D eigenvalue weighted by molar-refractivity contribution is 0.763. The number of rotatable bonds is 3. The van der Waals surface area contributed by atoms with Crippen molar-refractivity contribution in [1.82, 2.24) is 19.7 Å². The molecule has 0 saturated heterocycles. The summed E-state index contributed by atoms with van der Waals surface area (Å²) in [6.07, 6.45) is 1.77. The quantitative estimate of drug-likeness (QED) is 0.896. The van der Waals surface area contributed by atoms with Crippen LogP contribution in [0.5, 0.6) is 0 Å². The molecule has 0 aliphatic carbocycles. The van der Waals surface area contributed by atoms with Crippen molar-refractivity contribution in [2.24, 2.45) is 12.8 Å². The lowest BCUT2D eigenvalue weighted by Gasteiger charge is -2.06. The van der Waals surface area contributed by atoms with E-state index in [0.29, 0.717) is 0 Å². The minimum atomic E-state index is 0.0126. The second-order valence-electron chi connectivity index (χ2n) is 3.91. The Kier molecular flexibility index (Phi) is 3.44. The molecule has 5 nitrogen and oxygen atoms in total. The fourth-order valence-corrected chi connectivity index (χ4v) is 2.18. The van der Waals surface area contributed by atoms with E-state index in [4.69, 9.17) is 5.73 Å². The van der Waals surface area contributed by atoms with Crippen molar-refractivity contribution < 1.29 is 0 Å². The minimum absolute atomic E-state index is 0.0126. The van der Waals surface area contributed by atoms with Crippen LogP contribution in [0.15, 0.2) is 28.5 Å². The van der Waals surface area contributed by atoms with Crippen LogP contribution in [0, 0.1) is 6.92 Å². The second-order valence-corrected chi connectivity index (χ2v) is 4.89. The van der Waals surface area contributed by atoms with Gasteiger partial charge in [0.2, 0.25) is 0 Å². The highest BCUT2D eigenvalue weighted by Gasteiger charge is 2.09. The number of pyridine rings is 1. The van der Waals surface area contributed by atoms with Crippen LogP contribution in [0.4, 0.5) is 0 Å². The largest absolute Gasteiger partial charge is 0.324 e. The molecule has 0 amide bonds. The van der Waals surface area contributed by atoms with E-state index >= 15 is 0 Å². The van der Waals surface area contributed by atoms with E-state index in [0.717, 1.165) is 21.6 Å². The van der Waals surface area contributed by atoms with Crippen LogP contribution in [-0.4, -0.2) is 19.7 Å². The van der Waals surface area contributed by atoms with Gasteiger partial charge in [0.05, 0.1) is 0 Å². The van der Waals surface area contributed by atoms with Crippen LogP contribution in [0.2, 0.25) is 0 Å². The maximum Gasteiger partial charge on any atom is 0.197 e. The molecule has 0 aliphatic heterocycles. The van der Waals surface area contributed by atoms with Gasteiger partial charge in [-0.3, -0.25) is 0 Å². The van der Waals surface area contributed by atoms with E-state index in [1.54, 1.807) is 6.20 Å². The highest BCUT2D eigenvalue weighted by Crippen LogP contribution is 2.25. The van der Waals surface area contributed by atoms with Gasteiger partial charge in [0, 0.05) is 19.3 Å². The topological polar surface area (TPSA) is 69.6 Å². The standard InChI is InChI=1S/C11H15N5S/c1-7(12)9-4-5-13-10(6-9)17-11-15-14-8(2)16(11)3/h4-7H,12H2,1-3H3/t7-/m1/s1. The zero-order valence-electron chi connectivity index (χ0n) is 10.1. The Morgan fingerprint density at radius 2 is 2.18 bits per heavy atom. The van der Waals surface area contributed by atoms with Crippen LogP contribution >= 0.6 is 11.8 Å². The van der Waals surface area contributed by atoms with Crippen LogP contribution in [0.25, 0.3) is 0 Å². The van der Waals surface area contributed by atoms with Crippen molar-refractivity contribution in [2.45, 2.75) is 30.1 Å². The number of hydrogen-bond donors (Lipinski definition) is 1. The fraction of sp³-hybridized carbons (Fsp3) is 0.364. The predicted molar refractivity (Wildman–Crippen MR) is 66.7 cm³/mol. The van der Waals surface area contributed by atoms with Gasteiger partial charge in [-0.15, -0.1) is 10.2 Å². The normalized spacial score (nSPS) is 12.7. The molecule has 2 heterocycles. The second kappa shape index (κ2) is 4.85. The average molecular weight is 249 g/mol. The predicted octanol–water partition coefficient (Wildman–Crippen LogP) is 1.69. The molecule has 0 unspecified atom stereocenters. The van der Waals surface area contributed by atoms with Crippen molar-refractivity contribution in [3.05, 3.63) is 29.7 Å². The van der Waals surface area contributed by atoms with Crippen LogP contribution < -0.4 is 5.73 Å². The van der Waals surface area contributed by atoms with Crippen LogP contribution in [0.1, 0.15) is 24.4 Å². The Morgan fingerprint density at radius 1 is 1.41 bits per heavy atom. The van der Waals surface area contributed by atoms with Crippen LogP contribution in [0.3, 0.4) is 0 Å². The number of nitrogens with two attached hydrogens (primary N) is 1. The molecule has 0 radical (unpaired) electrons. The zero-order chi connectivity index (χ0) is 12.4. The highest BCUT2D eigenvalue weighted by atomic mass is 32.2. The lowest BCUT2D eigenvalue weighted by atomic mass is 10.1. The van der Waals surface area contributed by atoms with Gasteiger partial charge in [-0.1, -0.05) is 0 Å². The smallest absolute Gasteiger partial charge is 0.197 e. The third-order valence-electron chi connectivity index (χ3n) is 2.53. The maximum atomic E-state index is 5.84. The van der Waals surface area contributed by atoms with Gasteiger partial charge in [0.1, 0.15) is 10.9 Å². The Balaban J connectivity index is 2.24. The van der Waals surface area contributed by atoms with Crippen molar-refractivity contribution >= 4 is 11.8 Å². The number of aryl methyl sites for hydroxylation is 1. The first-order chi connectivity index (χ1) is 8.08. The number of hydrogen-bond acceptors (Lipinski definition) is 5. The van der Waals surface area contributed by atoms with E-state index in [1.807, 2.05) is 37.6 Å². The van der Waals surface area contributed by atoms with Gasteiger partial charge in [-0.2, -0.15) is 0 Å². The molecule has 0 aromatic carbocycles. The average Bonchev–Trinajstić information content (AvgIpc) is 2.61. The summed E-state index contributed by atoms with van der Waals surface area (Å²) >= 11 is 1.49. The molecule has 0 aliphatic rings. The molecule has 0 spiro atoms. The molecule has 90 valence electrons. The first kappa shape index (κ1) is 12.1. The third kappa shape index (κ3) is 2.65. The molecule has 2 aromatic rings. The molecule has 0 fully saturated rings. The first-order valence-corrected chi connectivity index (χ1v) is 6.15. The van der Waals surface area contributed by atoms with Crippen molar-refractivity contribution in [3.8, 4) is 0 Å². The highest BCUT2D eigenvalue weighted by molar-refractivity contribution is 7.99. The Labute approximate surface area is 104 Å². The van der Waals surface area contributed by atoms with Gasteiger partial charge < -0.3 is 10.3 Å². The van der Waals surface area contributed by atoms with Gasteiger partial charge in [-0.25, -0.2) is 4.98 Å². The Bertz CT molecular complexity index is 520. The Morgan fingerprint density at radius 3 is 2.76 bits per heavy atom. The third-order valence-corrected chi connectivity index (χ3v) is 3.50. The Hall–Kier alpha value is -1.40. The molecule has 2 N–H and O–H groups in total.